The van der Waals surface area contributed by atoms with Crippen molar-refractivity contribution in [2.24, 2.45) is 0 Å². The summed E-state index contributed by atoms with van der Waals surface area (Å²) in [5, 5.41) is 0.645. The van der Waals surface area contributed by atoms with Crippen LogP contribution in [0, 0.1) is 5.82 Å². The monoisotopic (exact) mass is 195 g/mol. The second-order valence-electron chi connectivity index (χ2n) is 2.71. The van der Waals surface area contributed by atoms with Gasteiger partial charge in [0, 0.05) is 6.20 Å². The fourth-order valence-corrected chi connectivity index (χ4v) is 1.41. The lowest BCUT2D eigenvalue weighted by molar-refractivity contribution is 0.628. The summed E-state index contributed by atoms with van der Waals surface area (Å²) in [6.45, 7) is 0. The van der Waals surface area contributed by atoms with Gasteiger partial charge in [-0.25, -0.2) is 4.39 Å². The Morgan fingerprint density at radius 2 is 1.77 bits per heavy atom. The maximum absolute atomic E-state index is 12.6. The van der Waals surface area contributed by atoms with Gasteiger partial charge in [-0.15, -0.1) is 0 Å². The fraction of sp³-hybridized carbons (Fsp3) is 0. The summed E-state index contributed by atoms with van der Waals surface area (Å²) in [5.74, 6) is -0.244. The van der Waals surface area contributed by atoms with E-state index in [4.69, 9.17) is 11.6 Å². The van der Waals surface area contributed by atoms with Crippen molar-refractivity contribution in [2.75, 3.05) is 0 Å². The van der Waals surface area contributed by atoms with Crippen LogP contribution in [0.5, 0.6) is 0 Å². The normalized spacial score (nSPS) is 10.3. The van der Waals surface area contributed by atoms with Gasteiger partial charge in [0.05, 0.1) is 10.7 Å². The van der Waals surface area contributed by atoms with Crippen molar-refractivity contribution >= 4 is 11.6 Å². The van der Waals surface area contributed by atoms with E-state index < -0.39 is 0 Å². The van der Waals surface area contributed by atoms with Gasteiger partial charge in [-0.05, 0) is 35.9 Å². The van der Waals surface area contributed by atoms with Gasteiger partial charge in [0.1, 0.15) is 5.82 Å². The summed E-state index contributed by atoms with van der Waals surface area (Å²) in [6, 6.07) is 7.96. The van der Waals surface area contributed by atoms with E-state index in [2.05, 4.69) is 4.98 Å². The summed E-state index contributed by atoms with van der Waals surface area (Å²) in [4.78, 5) is 2.99. The molecule has 0 aliphatic heterocycles. The molecule has 1 aromatic heterocycles. The van der Waals surface area contributed by atoms with Gasteiger partial charge in [0.15, 0.2) is 0 Å². The number of nitrogens with one attached hydrogen (secondary N) is 1. The molecule has 66 valence electrons. The van der Waals surface area contributed by atoms with Gasteiger partial charge in [0.25, 0.3) is 0 Å². The van der Waals surface area contributed by atoms with E-state index in [1.165, 1.54) is 12.1 Å². The molecule has 0 fully saturated rings. The second-order valence-corrected chi connectivity index (χ2v) is 3.11. The molecule has 1 nitrogen and oxygen atoms in total. The number of aromatic amines is 1. The summed E-state index contributed by atoms with van der Waals surface area (Å²) in [6.07, 6.45) is 1.75. The molecule has 0 aliphatic carbocycles. The Balaban J connectivity index is 2.47. The van der Waals surface area contributed by atoms with Crippen LogP contribution in [-0.2, 0) is 0 Å². The van der Waals surface area contributed by atoms with Crippen LogP contribution in [-0.4, -0.2) is 4.98 Å². The number of hydrogen-bond acceptors (Lipinski definition) is 0. The Morgan fingerprint density at radius 3 is 2.31 bits per heavy atom. The first kappa shape index (κ1) is 8.32. The van der Waals surface area contributed by atoms with E-state index in [1.54, 1.807) is 24.4 Å². The van der Waals surface area contributed by atoms with E-state index in [-0.39, 0.29) is 5.82 Å². The Kier molecular flexibility index (Phi) is 2.07. The number of halogens is 2. The van der Waals surface area contributed by atoms with Crippen LogP contribution in [0.1, 0.15) is 0 Å². The largest absolute Gasteiger partial charge is 0.360 e. The molecule has 0 saturated heterocycles. The molecule has 1 heterocycles. The summed E-state index contributed by atoms with van der Waals surface area (Å²) in [5.41, 5.74) is 1.71. The van der Waals surface area contributed by atoms with Crippen molar-refractivity contribution in [3.05, 3.63) is 47.4 Å². The molecule has 2 rings (SSSR count). The quantitative estimate of drug-likeness (QED) is 0.717. The molecule has 3 heteroatoms. The highest BCUT2D eigenvalue weighted by Crippen LogP contribution is 2.25. The summed E-state index contributed by atoms with van der Waals surface area (Å²) in [7, 11) is 0. The van der Waals surface area contributed by atoms with E-state index in [0.717, 1.165) is 11.3 Å². The first-order valence-electron chi connectivity index (χ1n) is 3.86. The molecule has 0 bridgehead atoms. The molecule has 13 heavy (non-hydrogen) atoms. The van der Waals surface area contributed by atoms with Crippen LogP contribution < -0.4 is 0 Å². The fourth-order valence-electron chi connectivity index (χ4n) is 1.19. The van der Waals surface area contributed by atoms with E-state index >= 15 is 0 Å². The average Bonchev–Trinajstić information content (AvgIpc) is 2.53. The average molecular weight is 196 g/mol. The van der Waals surface area contributed by atoms with Crippen molar-refractivity contribution in [1.29, 1.82) is 0 Å². The Bertz CT molecular complexity index is 405. The van der Waals surface area contributed by atoms with Crippen molar-refractivity contribution < 1.29 is 4.39 Å². The molecule has 0 spiro atoms. The third kappa shape index (κ3) is 1.58. The number of H-pyrrole nitrogens is 1. The van der Waals surface area contributed by atoms with Crippen molar-refractivity contribution in [3.63, 3.8) is 0 Å². The standard InChI is InChI=1S/C10H7ClFN/c11-9-5-6-13-10(9)7-1-3-8(12)4-2-7/h1-6,13H. The second kappa shape index (κ2) is 3.23. The van der Waals surface area contributed by atoms with Crippen LogP contribution in [0.2, 0.25) is 5.02 Å². The Labute approximate surface area is 80.2 Å². The lowest BCUT2D eigenvalue weighted by Gasteiger charge is -1.98. The van der Waals surface area contributed by atoms with Crippen molar-refractivity contribution in [1.82, 2.24) is 4.98 Å². The van der Waals surface area contributed by atoms with Crippen LogP contribution in [0.3, 0.4) is 0 Å². The first-order chi connectivity index (χ1) is 6.27. The number of aromatic nitrogens is 1. The Morgan fingerprint density at radius 1 is 1.08 bits per heavy atom. The van der Waals surface area contributed by atoms with Crippen molar-refractivity contribution in [3.8, 4) is 11.3 Å². The summed E-state index contributed by atoms with van der Waals surface area (Å²) >= 11 is 5.89. The van der Waals surface area contributed by atoms with Crippen molar-refractivity contribution in [2.45, 2.75) is 0 Å². The predicted molar refractivity (Wildman–Crippen MR) is 51.2 cm³/mol. The van der Waals surface area contributed by atoms with Crippen LogP contribution >= 0.6 is 11.6 Å². The molecule has 0 saturated carbocycles. The number of hydrogen-bond donors (Lipinski definition) is 1. The summed E-state index contributed by atoms with van der Waals surface area (Å²) < 4.78 is 12.6. The zero-order chi connectivity index (χ0) is 9.26. The molecular weight excluding hydrogens is 189 g/mol. The van der Waals surface area contributed by atoms with Crippen LogP contribution in [0.15, 0.2) is 36.5 Å². The van der Waals surface area contributed by atoms with Gasteiger partial charge in [0.2, 0.25) is 0 Å². The molecule has 0 radical (unpaired) electrons. The SMILES string of the molecule is Fc1ccc(-c2[nH]ccc2Cl)cc1. The minimum atomic E-state index is -0.244. The maximum atomic E-state index is 12.6. The molecule has 2 aromatic rings. The zero-order valence-electron chi connectivity index (χ0n) is 6.72. The topological polar surface area (TPSA) is 15.8 Å². The highest BCUT2D eigenvalue weighted by molar-refractivity contribution is 6.33. The minimum absolute atomic E-state index is 0.244. The van der Waals surface area contributed by atoms with Gasteiger partial charge < -0.3 is 4.98 Å². The molecular formula is C10H7ClFN. The van der Waals surface area contributed by atoms with E-state index in [1.807, 2.05) is 0 Å². The molecule has 0 amide bonds. The highest BCUT2D eigenvalue weighted by Gasteiger charge is 2.03. The van der Waals surface area contributed by atoms with Gasteiger partial charge in [-0.2, -0.15) is 0 Å². The molecule has 1 aromatic carbocycles. The third-order valence-corrected chi connectivity index (χ3v) is 2.14. The van der Waals surface area contributed by atoms with E-state index in [0.29, 0.717) is 5.02 Å². The maximum Gasteiger partial charge on any atom is 0.123 e. The van der Waals surface area contributed by atoms with Gasteiger partial charge in [-0.3, -0.25) is 0 Å². The van der Waals surface area contributed by atoms with E-state index in [9.17, 15) is 4.39 Å². The van der Waals surface area contributed by atoms with Crippen LogP contribution in [0.4, 0.5) is 4.39 Å². The molecule has 1 N–H and O–H groups in total. The van der Waals surface area contributed by atoms with Gasteiger partial charge >= 0.3 is 0 Å². The Hall–Kier alpha value is -1.28. The lowest BCUT2D eigenvalue weighted by Crippen LogP contribution is -1.78. The van der Waals surface area contributed by atoms with Crippen LogP contribution in [0.25, 0.3) is 11.3 Å². The lowest BCUT2D eigenvalue weighted by atomic mass is 10.1. The number of benzene rings is 1. The highest BCUT2D eigenvalue weighted by atomic mass is 35.5. The molecule has 0 atom stereocenters. The molecule has 0 aliphatic rings. The zero-order valence-corrected chi connectivity index (χ0v) is 7.48. The smallest absolute Gasteiger partial charge is 0.123 e. The third-order valence-electron chi connectivity index (χ3n) is 1.83. The number of rotatable bonds is 1. The molecule has 0 unspecified atom stereocenters. The minimum Gasteiger partial charge on any atom is -0.360 e. The van der Waals surface area contributed by atoms with Gasteiger partial charge in [-0.1, -0.05) is 11.6 Å². The first-order valence-corrected chi connectivity index (χ1v) is 4.24. The predicted octanol–water partition coefficient (Wildman–Crippen LogP) is 3.47.